The molecular weight excluding hydrogens is 346 g/mol. The number of nitrogens with zero attached hydrogens (tertiary/aromatic N) is 2. The highest BCUT2D eigenvalue weighted by Crippen LogP contribution is 2.28. The van der Waals surface area contributed by atoms with Gasteiger partial charge in [0, 0.05) is 25.7 Å². The van der Waals surface area contributed by atoms with Crippen LogP contribution in [-0.2, 0) is 11.3 Å². The quantitative estimate of drug-likeness (QED) is 0.814. The van der Waals surface area contributed by atoms with Crippen molar-refractivity contribution in [3.63, 3.8) is 0 Å². The second kappa shape index (κ2) is 9.89. The van der Waals surface area contributed by atoms with Crippen LogP contribution >= 0.6 is 0 Å². The lowest BCUT2D eigenvalue weighted by atomic mass is 9.93. The minimum absolute atomic E-state index is 0.161. The smallest absolute Gasteiger partial charge is 0.224 e. The molecule has 2 aliphatic heterocycles. The van der Waals surface area contributed by atoms with Gasteiger partial charge in [0.05, 0.1) is 5.92 Å². The molecule has 1 aromatic rings. The fourth-order valence-electron chi connectivity index (χ4n) is 5.51. The summed E-state index contributed by atoms with van der Waals surface area (Å²) in [5, 5.41) is 3.17. The Bertz CT molecular complexity index is 606. The normalized spacial score (nSPS) is 25.8. The van der Waals surface area contributed by atoms with E-state index >= 15 is 0 Å². The van der Waals surface area contributed by atoms with E-state index in [9.17, 15) is 4.79 Å². The van der Waals surface area contributed by atoms with Crippen LogP contribution in [0.25, 0.3) is 0 Å². The Morgan fingerprint density at radius 2 is 1.68 bits per heavy atom. The molecule has 4 heteroatoms. The molecule has 0 unspecified atom stereocenters. The number of carbonyl (C=O) groups is 1. The molecule has 1 aromatic carbocycles. The van der Waals surface area contributed by atoms with Crippen LogP contribution in [-0.4, -0.2) is 54.5 Å². The Morgan fingerprint density at radius 3 is 2.43 bits per heavy atom. The van der Waals surface area contributed by atoms with Gasteiger partial charge in [-0.25, -0.2) is 0 Å². The Balaban J connectivity index is 1.21. The maximum atomic E-state index is 12.7. The van der Waals surface area contributed by atoms with Gasteiger partial charge < -0.3 is 10.2 Å². The molecule has 1 amide bonds. The highest BCUT2D eigenvalue weighted by Gasteiger charge is 2.32. The molecule has 3 aliphatic rings. The molecule has 0 radical (unpaired) electrons. The van der Waals surface area contributed by atoms with E-state index in [1.165, 1.54) is 70.3 Å². The van der Waals surface area contributed by atoms with Gasteiger partial charge in [0.2, 0.25) is 5.91 Å². The van der Waals surface area contributed by atoms with E-state index < -0.39 is 0 Å². The zero-order valence-corrected chi connectivity index (χ0v) is 17.3. The van der Waals surface area contributed by atoms with E-state index in [1.54, 1.807) is 0 Å². The molecule has 1 aliphatic carbocycles. The molecule has 0 spiro atoms. The topological polar surface area (TPSA) is 35.6 Å². The Morgan fingerprint density at radius 1 is 0.929 bits per heavy atom. The third-order valence-electron chi connectivity index (χ3n) is 7.20. The van der Waals surface area contributed by atoms with Crippen LogP contribution in [0.4, 0.5) is 0 Å². The summed E-state index contributed by atoms with van der Waals surface area (Å²) in [7, 11) is 0. The van der Waals surface area contributed by atoms with Gasteiger partial charge in [0.15, 0.2) is 0 Å². The summed E-state index contributed by atoms with van der Waals surface area (Å²) in [5.74, 6) is 1.37. The summed E-state index contributed by atoms with van der Waals surface area (Å²) >= 11 is 0. The van der Waals surface area contributed by atoms with E-state index in [4.69, 9.17) is 0 Å². The number of hydrogen-bond acceptors (Lipinski definition) is 3. The second-order valence-electron chi connectivity index (χ2n) is 9.22. The largest absolute Gasteiger partial charge is 0.352 e. The van der Waals surface area contributed by atoms with Crippen molar-refractivity contribution in [3.8, 4) is 0 Å². The highest BCUT2D eigenvalue weighted by molar-refractivity contribution is 5.78. The number of amides is 1. The van der Waals surface area contributed by atoms with Gasteiger partial charge in [0.1, 0.15) is 0 Å². The predicted octanol–water partition coefficient (Wildman–Crippen LogP) is 3.67. The van der Waals surface area contributed by atoms with Crippen molar-refractivity contribution in [1.82, 2.24) is 15.1 Å². The third kappa shape index (κ3) is 5.36. The molecule has 1 atom stereocenters. The molecule has 154 valence electrons. The number of rotatable bonds is 6. The lowest BCUT2D eigenvalue weighted by molar-refractivity contribution is -0.127. The fourth-order valence-corrected chi connectivity index (χ4v) is 5.51. The number of piperidine rings is 2. The lowest BCUT2D eigenvalue weighted by Gasteiger charge is -2.42. The molecule has 4 rings (SSSR count). The van der Waals surface area contributed by atoms with E-state index in [2.05, 4.69) is 27.2 Å². The first kappa shape index (κ1) is 19.9. The molecule has 3 fully saturated rings. The number of nitrogens with one attached hydrogen (secondary N) is 1. The summed E-state index contributed by atoms with van der Waals surface area (Å²) in [6.45, 7) is 6.61. The summed E-state index contributed by atoms with van der Waals surface area (Å²) in [4.78, 5) is 18.0. The standard InChI is InChI=1S/C24H37N3O/c28-24(25-17-20-7-2-1-3-8-20)22-11-6-14-27(19-22)23-12-15-26(16-13-23)18-21-9-4-5-10-21/h1-3,7-8,21-23H,4-6,9-19H2,(H,25,28)/t22-/m0/s1. The molecule has 4 nitrogen and oxygen atoms in total. The Kier molecular flexibility index (Phi) is 7.03. The van der Waals surface area contributed by atoms with Crippen molar-refractivity contribution in [2.75, 3.05) is 32.7 Å². The van der Waals surface area contributed by atoms with Crippen molar-refractivity contribution in [2.45, 2.75) is 64.0 Å². The first-order chi connectivity index (χ1) is 13.8. The van der Waals surface area contributed by atoms with Crippen LogP contribution < -0.4 is 5.32 Å². The maximum absolute atomic E-state index is 12.7. The average Bonchev–Trinajstić information content (AvgIpc) is 3.26. The van der Waals surface area contributed by atoms with Crippen LogP contribution in [0.3, 0.4) is 0 Å². The molecule has 28 heavy (non-hydrogen) atoms. The van der Waals surface area contributed by atoms with Crippen LogP contribution in [0.2, 0.25) is 0 Å². The van der Waals surface area contributed by atoms with Crippen molar-refractivity contribution in [3.05, 3.63) is 35.9 Å². The monoisotopic (exact) mass is 383 g/mol. The Labute approximate surface area is 170 Å². The van der Waals surface area contributed by atoms with Gasteiger partial charge >= 0.3 is 0 Å². The zero-order chi connectivity index (χ0) is 19.2. The summed E-state index contributed by atoms with van der Waals surface area (Å²) in [6, 6.07) is 10.9. The minimum atomic E-state index is 0.161. The summed E-state index contributed by atoms with van der Waals surface area (Å²) in [6.07, 6.45) is 10.6. The second-order valence-corrected chi connectivity index (χ2v) is 9.22. The first-order valence-electron chi connectivity index (χ1n) is 11.6. The van der Waals surface area contributed by atoms with Gasteiger partial charge in [-0.2, -0.15) is 0 Å². The number of benzene rings is 1. The van der Waals surface area contributed by atoms with Gasteiger partial charge in [-0.1, -0.05) is 43.2 Å². The van der Waals surface area contributed by atoms with E-state index in [0.29, 0.717) is 12.6 Å². The van der Waals surface area contributed by atoms with E-state index in [1.807, 2.05) is 18.2 Å². The van der Waals surface area contributed by atoms with Gasteiger partial charge in [-0.3, -0.25) is 9.69 Å². The molecule has 2 saturated heterocycles. The van der Waals surface area contributed by atoms with Crippen LogP contribution in [0.15, 0.2) is 30.3 Å². The molecule has 0 bridgehead atoms. The number of carbonyl (C=O) groups excluding carboxylic acids is 1. The van der Waals surface area contributed by atoms with Gasteiger partial charge in [0.25, 0.3) is 0 Å². The predicted molar refractivity (Wildman–Crippen MR) is 114 cm³/mol. The fraction of sp³-hybridized carbons (Fsp3) is 0.708. The summed E-state index contributed by atoms with van der Waals surface area (Å²) < 4.78 is 0. The minimum Gasteiger partial charge on any atom is -0.352 e. The van der Waals surface area contributed by atoms with E-state index in [0.717, 1.165) is 25.3 Å². The van der Waals surface area contributed by atoms with E-state index in [-0.39, 0.29) is 11.8 Å². The highest BCUT2D eigenvalue weighted by atomic mass is 16.1. The molecular formula is C24H37N3O. The SMILES string of the molecule is O=C(NCc1ccccc1)[C@H]1CCCN(C2CCN(CC3CCCC3)CC2)C1. The number of likely N-dealkylation sites (tertiary alicyclic amines) is 2. The van der Waals surface area contributed by atoms with Gasteiger partial charge in [-0.05, 0) is 69.6 Å². The van der Waals surface area contributed by atoms with Crippen molar-refractivity contribution in [2.24, 2.45) is 11.8 Å². The average molecular weight is 384 g/mol. The molecule has 1 saturated carbocycles. The van der Waals surface area contributed by atoms with Crippen LogP contribution in [0.5, 0.6) is 0 Å². The molecule has 2 heterocycles. The molecule has 0 aromatic heterocycles. The van der Waals surface area contributed by atoms with Crippen molar-refractivity contribution < 1.29 is 4.79 Å². The number of hydrogen-bond donors (Lipinski definition) is 1. The van der Waals surface area contributed by atoms with Gasteiger partial charge in [-0.15, -0.1) is 0 Å². The van der Waals surface area contributed by atoms with Crippen molar-refractivity contribution in [1.29, 1.82) is 0 Å². The lowest BCUT2D eigenvalue weighted by Crippen LogP contribution is -2.51. The van der Waals surface area contributed by atoms with Crippen LogP contribution in [0.1, 0.15) is 56.9 Å². The summed E-state index contributed by atoms with van der Waals surface area (Å²) in [5.41, 5.74) is 1.18. The third-order valence-corrected chi connectivity index (χ3v) is 7.20. The van der Waals surface area contributed by atoms with Crippen molar-refractivity contribution >= 4 is 5.91 Å². The zero-order valence-electron chi connectivity index (χ0n) is 17.3. The van der Waals surface area contributed by atoms with Crippen LogP contribution in [0, 0.1) is 11.8 Å². The Hall–Kier alpha value is -1.39. The molecule has 1 N–H and O–H groups in total. The first-order valence-corrected chi connectivity index (χ1v) is 11.6. The maximum Gasteiger partial charge on any atom is 0.224 e.